The number of rotatable bonds is 19. The number of fused-ring (bicyclic) bond motifs is 6. The summed E-state index contributed by atoms with van der Waals surface area (Å²) in [6.07, 6.45) is 18.4. The molecule has 0 fully saturated rings. The number of aromatic amines is 1. The van der Waals surface area contributed by atoms with Gasteiger partial charge in [-0.05, 0) is 191 Å². The number of ether oxygens (including phenoxy) is 3. The van der Waals surface area contributed by atoms with Gasteiger partial charge in [0, 0.05) is 237 Å². The van der Waals surface area contributed by atoms with Crippen molar-refractivity contribution in [3.63, 3.8) is 0 Å². The van der Waals surface area contributed by atoms with Crippen LogP contribution in [0.5, 0.6) is 11.5 Å². The second kappa shape index (κ2) is 44.7. The SMILES string of the molecule is CC1=C(C[C-]=O)c2cc(F)ccc2/C1=C\c1ccc(S(C)=O)cc1.CCc1cccc2c3c([nH]c12)C(CC)(C[C-]=O)OCC3.COc1ccc2c(c1)c(C[C-]=O)cn2C(=O)c1ccc(Cl)cc1.COc1ccc2cc(C(C)[C-]=O)ccc2c1.Cc1ccc(C(=O)c2ccc(C[C-]=O)n2C)cc1.[Y].[Y].[Y].[Y].[Y]. The van der Waals surface area contributed by atoms with Crippen molar-refractivity contribution in [1.82, 2.24) is 14.1 Å². The average molecular weight is 1830 g/mol. The van der Waals surface area contributed by atoms with Crippen LogP contribution in [-0.2, 0) is 241 Å². The molecule has 3 aromatic heterocycles. The molecule has 14 nitrogen and oxygen atoms in total. The number of nitrogens with one attached hydrogen (secondary N) is 1. The first-order valence-electron chi connectivity index (χ1n) is 32.8. The zero-order valence-electron chi connectivity index (χ0n) is 60.6. The summed E-state index contributed by atoms with van der Waals surface area (Å²) in [7, 11) is 4.00. The van der Waals surface area contributed by atoms with Crippen LogP contribution in [0.15, 0.2) is 193 Å². The van der Waals surface area contributed by atoms with E-state index in [1.807, 2.05) is 149 Å². The Labute approximate surface area is 752 Å². The normalized spacial score (nSPS) is 13.8. The molecule has 0 saturated carbocycles. The monoisotopic (exact) mass is 1830 g/mol. The number of para-hydroxylation sites is 1. The largest absolute Gasteiger partial charge is 0.542 e. The van der Waals surface area contributed by atoms with Gasteiger partial charge in [-0.25, -0.2) is 4.39 Å². The molecule has 0 spiro atoms. The summed E-state index contributed by atoms with van der Waals surface area (Å²) in [6.45, 7) is 10.7. The molecule has 8 aromatic carbocycles. The summed E-state index contributed by atoms with van der Waals surface area (Å²) in [5.41, 5.74) is 15.9. The van der Waals surface area contributed by atoms with Crippen LogP contribution in [0.3, 0.4) is 0 Å². The number of halogens is 2. The van der Waals surface area contributed by atoms with Crippen LogP contribution in [0.4, 0.5) is 4.39 Å². The van der Waals surface area contributed by atoms with Crippen LogP contribution in [0.1, 0.15) is 135 Å². The number of aryl methyl sites for hydroxylation is 2. The average Bonchev–Trinajstić information content (AvgIpc) is 1.60. The van der Waals surface area contributed by atoms with Gasteiger partial charge in [-0.2, -0.15) is 0 Å². The number of benzene rings is 8. The van der Waals surface area contributed by atoms with E-state index in [0.29, 0.717) is 40.6 Å². The van der Waals surface area contributed by atoms with Crippen LogP contribution in [0.2, 0.25) is 5.02 Å². The Morgan fingerprint density at radius 1 is 0.698 bits per heavy atom. The Bertz CT molecular complexity index is 4980. The molecule has 5 radical (unpaired) electrons. The van der Waals surface area contributed by atoms with E-state index in [9.17, 15) is 42.2 Å². The zero-order valence-corrected chi connectivity index (χ0v) is 76.3. The van der Waals surface area contributed by atoms with Gasteiger partial charge in [0.15, 0.2) is 0 Å². The molecule has 533 valence electrons. The van der Waals surface area contributed by atoms with Crippen molar-refractivity contribution in [1.29, 1.82) is 0 Å². The number of ketones is 1. The topological polar surface area (TPSA) is 190 Å². The molecule has 1 aliphatic carbocycles. The maximum atomic E-state index is 13.6. The van der Waals surface area contributed by atoms with Gasteiger partial charge in [0.1, 0.15) is 17.3 Å². The Balaban J connectivity index is 0.000000279. The van der Waals surface area contributed by atoms with E-state index in [1.54, 1.807) is 92.9 Å². The number of hydrogen-bond donors (Lipinski definition) is 1. The fourth-order valence-electron chi connectivity index (χ4n) is 12.4. The van der Waals surface area contributed by atoms with Crippen LogP contribution in [-0.4, -0.2) is 88.5 Å². The van der Waals surface area contributed by atoms with Crippen LogP contribution in [0.25, 0.3) is 49.8 Å². The van der Waals surface area contributed by atoms with E-state index in [4.69, 9.17) is 25.8 Å². The maximum absolute atomic E-state index is 13.6. The standard InChI is InChI=1S/C20H16FO2S.C18H13ClNO3.C17H20NO2.C15H14NO2.C14H13O2.5Y/c1-13-17(9-10-22)20-12-15(21)5-8-18(20)19(13)11-14-3-6-16(7-4-14)24(2)23;1-23-15-6-7-17-16(10-15)13(8-9-21)11-20(17)18(22)12-2-4-14(19)5-3-12;1-3-12-6-5-7-13-14-8-11-20-17(4-2,9-10-19)16(14)18-15(12)13;1-11-3-5-12(6-4-11)15(18)14-8-7-13(9-10-17)16(14)2;1-10(9-15)11-3-4-13-8-14(16-2)6-5-12(13)7-11;;;;;/h3-8,11-12H,9H2,1-2H3;2-7,10-11H,8H2,1H3;5-7,18H,3-4,8-9,11H2,1-2H3;3-8H,9H2,1-2H3;3-8,10H,1-2H3;;;;;/q5*-1;;;;;/b19-11-;;;;;;;;;. The predicted molar refractivity (Wildman–Crippen MR) is 399 cm³/mol. The van der Waals surface area contributed by atoms with E-state index in [1.165, 1.54) is 38.7 Å². The molecule has 13 rings (SSSR count). The van der Waals surface area contributed by atoms with Crippen molar-refractivity contribution in [2.45, 2.75) is 96.0 Å². The second-order valence-corrected chi connectivity index (χ2v) is 26.1. The fraction of sp³-hybridized carbons (Fsp3) is 0.226. The molecule has 2 aliphatic rings. The number of carbonyl (C=O) groups is 2. The number of hydrogen-bond acceptors (Lipinski definition) is 11. The quantitative estimate of drug-likeness (QED) is 0.0599. The first kappa shape index (κ1) is 93.4. The summed E-state index contributed by atoms with van der Waals surface area (Å²) in [5.74, 6) is 0.799. The molecule has 22 heteroatoms. The van der Waals surface area contributed by atoms with Crippen molar-refractivity contribution in [2.75, 3.05) is 27.1 Å². The van der Waals surface area contributed by atoms with Gasteiger partial charge >= 0.3 is 0 Å². The molecule has 4 heterocycles. The Morgan fingerprint density at radius 3 is 1.96 bits per heavy atom. The van der Waals surface area contributed by atoms with Crippen molar-refractivity contribution in [2.24, 2.45) is 7.05 Å². The summed E-state index contributed by atoms with van der Waals surface area (Å²) < 4.78 is 44.7. The third-order valence-corrected chi connectivity index (χ3v) is 19.4. The van der Waals surface area contributed by atoms with E-state index in [0.717, 1.165) is 113 Å². The van der Waals surface area contributed by atoms with Crippen molar-refractivity contribution < 1.29 is 220 Å². The number of carbonyl (C=O) groups excluding carboxylic acids is 7. The number of methoxy groups -OCH3 is 2. The Morgan fingerprint density at radius 2 is 1.34 bits per heavy atom. The predicted octanol–water partition coefficient (Wildman–Crippen LogP) is 16.7. The number of H-pyrrole nitrogens is 1. The Hall–Kier alpha value is -5.00. The van der Waals surface area contributed by atoms with Gasteiger partial charge in [0.25, 0.3) is 5.91 Å². The molecule has 0 amide bonds. The van der Waals surface area contributed by atoms with E-state index < -0.39 is 16.4 Å². The molecular weight excluding hydrogens is 1760 g/mol. The third kappa shape index (κ3) is 22.6. The van der Waals surface area contributed by atoms with Crippen LogP contribution >= 0.6 is 11.6 Å². The molecule has 1 N–H and O–H groups in total. The molecule has 3 atom stereocenters. The molecule has 1 aliphatic heterocycles. The van der Waals surface area contributed by atoms with E-state index >= 15 is 0 Å². The minimum absolute atomic E-state index is 0. The van der Waals surface area contributed by atoms with Gasteiger partial charge in [-0.3, -0.25) is 49.8 Å². The minimum atomic E-state index is -1.01. The summed E-state index contributed by atoms with van der Waals surface area (Å²) in [6, 6.07) is 53.5. The number of nitrogens with zero attached hydrogens (tertiary/aromatic N) is 2. The number of allylic oxidation sites excluding steroid dienone is 3. The van der Waals surface area contributed by atoms with Crippen molar-refractivity contribution >= 4 is 115 Å². The van der Waals surface area contributed by atoms with Gasteiger partial charge in [0.2, 0.25) is 5.78 Å². The second-order valence-electron chi connectivity index (χ2n) is 24.3. The first-order valence-corrected chi connectivity index (χ1v) is 34.7. The van der Waals surface area contributed by atoms with Gasteiger partial charge in [-0.1, -0.05) is 134 Å². The van der Waals surface area contributed by atoms with Crippen molar-refractivity contribution in [3.05, 3.63) is 271 Å². The zero-order chi connectivity index (χ0) is 72.5. The Kier molecular flexibility index (Phi) is 39.4. The summed E-state index contributed by atoms with van der Waals surface area (Å²) >= 11 is 5.86. The molecule has 0 bridgehead atoms. The van der Waals surface area contributed by atoms with E-state index in [2.05, 4.69) is 37.0 Å². The van der Waals surface area contributed by atoms with E-state index in [-0.39, 0.29) is 206 Å². The van der Waals surface area contributed by atoms with Crippen molar-refractivity contribution in [3.8, 4) is 11.5 Å². The molecular formula is C84H76ClFN3O11SY5-5. The summed E-state index contributed by atoms with van der Waals surface area (Å²) in [4.78, 5) is 83.0. The maximum Gasteiger partial charge on any atom is 0.262 e. The fourth-order valence-corrected chi connectivity index (χ4v) is 13.1. The molecule has 11 aromatic rings. The van der Waals surface area contributed by atoms with Gasteiger partial charge in [0.05, 0.1) is 37.6 Å². The molecule has 0 saturated heterocycles. The third-order valence-electron chi connectivity index (χ3n) is 18.2. The molecule has 3 unspecified atom stereocenters. The smallest absolute Gasteiger partial charge is 0.262 e. The summed E-state index contributed by atoms with van der Waals surface area (Å²) in [5, 5.41) is 4.88. The van der Waals surface area contributed by atoms with Crippen LogP contribution < -0.4 is 9.47 Å². The molecule has 106 heavy (non-hydrogen) atoms. The van der Waals surface area contributed by atoms with Gasteiger partial charge in [-0.15, -0.1) is 31.6 Å². The number of aromatic nitrogens is 3. The van der Waals surface area contributed by atoms with Gasteiger partial charge < -0.3 is 47.7 Å². The minimum Gasteiger partial charge on any atom is -0.542 e. The van der Waals surface area contributed by atoms with Crippen LogP contribution in [0, 0.1) is 12.7 Å². The first-order chi connectivity index (χ1) is 48.8.